The number of hydrogen-bond donors (Lipinski definition) is 1. The predicted molar refractivity (Wildman–Crippen MR) is 127 cm³/mol. The summed E-state index contributed by atoms with van der Waals surface area (Å²) in [5, 5.41) is 0.329. The van der Waals surface area contributed by atoms with Crippen LogP contribution in [0, 0.1) is 0 Å². The van der Waals surface area contributed by atoms with Crippen LogP contribution >= 0.6 is 0 Å². The van der Waals surface area contributed by atoms with Gasteiger partial charge in [0, 0.05) is 7.05 Å². The number of Topliss-reactive ketones (excluding diaryl/α,β-unsaturated/α-hetero) is 1. The molecule has 178 valence electrons. The van der Waals surface area contributed by atoms with Gasteiger partial charge in [-0.3, -0.25) is 32.9 Å². The Morgan fingerprint density at radius 1 is 0.971 bits per heavy atom. The van der Waals surface area contributed by atoms with E-state index in [9.17, 15) is 24.0 Å². The molecule has 0 aliphatic rings. The predicted octanol–water partition coefficient (Wildman–Crippen LogP) is 0.314. The van der Waals surface area contributed by atoms with Crippen LogP contribution in [0.3, 0.4) is 0 Å². The zero-order chi connectivity index (χ0) is 25.1. The monoisotopic (exact) mass is 475 g/mol. The van der Waals surface area contributed by atoms with Gasteiger partial charge in [0.1, 0.15) is 17.9 Å². The second-order valence-electron chi connectivity index (χ2n) is 7.76. The van der Waals surface area contributed by atoms with Crippen LogP contribution in [0.15, 0.2) is 75.3 Å². The molecule has 35 heavy (non-hydrogen) atoms. The SMILES string of the molecule is Cn1c(=O)c(C(=O)COC(=O)Cn2cnc3ccccc3c2=O)c(N)n(Cc2ccccc2)c1=O. The number of benzene rings is 2. The van der Waals surface area contributed by atoms with Gasteiger partial charge in [-0.05, 0) is 17.7 Å². The highest BCUT2D eigenvalue weighted by atomic mass is 16.5. The molecule has 11 nitrogen and oxygen atoms in total. The largest absolute Gasteiger partial charge is 0.456 e. The van der Waals surface area contributed by atoms with Crippen molar-refractivity contribution >= 4 is 28.5 Å². The highest BCUT2D eigenvalue weighted by Gasteiger charge is 2.23. The molecular formula is C24H21N5O6. The zero-order valence-electron chi connectivity index (χ0n) is 18.7. The Bertz CT molecular complexity index is 1620. The van der Waals surface area contributed by atoms with Gasteiger partial charge in [-0.1, -0.05) is 42.5 Å². The van der Waals surface area contributed by atoms with E-state index < -0.39 is 47.3 Å². The lowest BCUT2D eigenvalue weighted by Crippen LogP contribution is -2.43. The van der Waals surface area contributed by atoms with Gasteiger partial charge in [0.15, 0.2) is 6.61 Å². The summed E-state index contributed by atoms with van der Waals surface area (Å²) in [7, 11) is 1.23. The molecule has 4 aromatic rings. The van der Waals surface area contributed by atoms with Crippen LogP contribution in [0.1, 0.15) is 15.9 Å². The van der Waals surface area contributed by atoms with Crippen molar-refractivity contribution < 1.29 is 14.3 Å². The van der Waals surface area contributed by atoms with E-state index in [0.717, 1.165) is 19.3 Å². The van der Waals surface area contributed by atoms with Gasteiger partial charge in [0.2, 0.25) is 5.78 Å². The quantitative estimate of drug-likeness (QED) is 0.297. The number of carbonyl (C=O) groups excluding carboxylic acids is 2. The molecule has 0 bridgehead atoms. The fourth-order valence-electron chi connectivity index (χ4n) is 3.59. The van der Waals surface area contributed by atoms with Gasteiger partial charge in [-0.25, -0.2) is 9.78 Å². The number of ketones is 1. The Kier molecular flexibility index (Phi) is 6.40. The minimum atomic E-state index is -0.896. The summed E-state index contributed by atoms with van der Waals surface area (Å²) >= 11 is 0. The minimum absolute atomic E-state index is 0.0393. The molecule has 2 N–H and O–H groups in total. The second kappa shape index (κ2) is 9.59. The summed E-state index contributed by atoms with van der Waals surface area (Å²) in [5.74, 6) is -2.08. The summed E-state index contributed by atoms with van der Waals surface area (Å²) in [4.78, 5) is 66.9. The molecule has 0 atom stereocenters. The molecule has 4 rings (SSSR count). The van der Waals surface area contributed by atoms with Gasteiger partial charge >= 0.3 is 11.7 Å². The van der Waals surface area contributed by atoms with Crippen molar-refractivity contribution in [2.24, 2.45) is 7.05 Å². The molecule has 11 heteroatoms. The maximum atomic E-state index is 12.8. The third-order valence-corrected chi connectivity index (χ3v) is 5.44. The van der Waals surface area contributed by atoms with E-state index in [4.69, 9.17) is 10.5 Å². The van der Waals surface area contributed by atoms with Crippen molar-refractivity contribution in [1.82, 2.24) is 18.7 Å². The van der Waals surface area contributed by atoms with Gasteiger partial charge in [-0.2, -0.15) is 0 Å². The third kappa shape index (κ3) is 4.64. The standard InChI is InChI=1S/C24H21N5O6/c1-27-23(33)20(21(25)29(24(27)34)11-15-7-3-2-4-8-15)18(30)13-35-19(31)12-28-14-26-17-10-6-5-9-16(17)22(28)32/h2-10,14H,11-13,25H2,1H3. The molecule has 0 fully saturated rings. The van der Waals surface area contributed by atoms with Crippen molar-refractivity contribution in [3.8, 4) is 0 Å². The van der Waals surface area contributed by atoms with E-state index in [0.29, 0.717) is 10.9 Å². The topological polar surface area (TPSA) is 148 Å². The summed E-state index contributed by atoms with van der Waals surface area (Å²) in [6.07, 6.45) is 1.21. The Labute approximate surface area is 197 Å². The summed E-state index contributed by atoms with van der Waals surface area (Å²) in [6.45, 7) is -1.24. The van der Waals surface area contributed by atoms with E-state index in [1.807, 2.05) is 6.07 Å². The first-order valence-electron chi connectivity index (χ1n) is 10.5. The number of para-hydroxylation sites is 1. The van der Waals surface area contributed by atoms with Gasteiger partial charge < -0.3 is 10.5 Å². The van der Waals surface area contributed by atoms with Crippen LogP contribution in [-0.2, 0) is 29.7 Å². The highest BCUT2D eigenvalue weighted by molar-refractivity contribution is 6.01. The van der Waals surface area contributed by atoms with E-state index in [-0.39, 0.29) is 12.4 Å². The Morgan fingerprint density at radius 3 is 2.40 bits per heavy atom. The third-order valence-electron chi connectivity index (χ3n) is 5.44. The summed E-state index contributed by atoms with van der Waals surface area (Å²) < 4.78 is 7.93. The number of ether oxygens (including phenoxy) is 1. The van der Waals surface area contributed by atoms with Crippen LogP contribution < -0.4 is 22.5 Å². The molecule has 2 aromatic carbocycles. The molecule has 2 heterocycles. The Balaban J connectivity index is 1.53. The van der Waals surface area contributed by atoms with Crippen LogP contribution in [0.4, 0.5) is 5.82 Å². The van der Waals surface area contributed by atoms with Gasteiger partial charge in [0.25, 0.3) is 11.1 Å². The second-order valence-corrected chi connectivity index (χ2v) is 7.76. The van der Waals surface area contributed by atoms with E-state index in [1.54, 1.807) is 48.5 Å². The Morgan fingerprint density at radius 2 is 1.66 bits per heavy atom. The lowest BCUT2D eigenvalue weighted by Gasteiger charge is -2.15. The number of aromatic nitrogens is 4. The minimum Gasteiger partial charge on any atom is -0.456 e. The first-order chi connectivity index (χ1) is 16.8. The van der Waals surface area contributed by atoms with Gasteiger partial charge in [-0.15, -0.1) is 0 Å². The molecule has 0 spiro atoms. The Hall–Kier alpha value is -4.80. The first-order valence-corrected chi connectivity index (χ1v) is 10.5. The molecule has 0 unspecified atom stereocenters. The number of fused-ring (bicyclic) bond motifs is 1. The molecule has 0 aliphatic heterocycles. The number of anilines is 1. The number of hydrogen-bond acceptors (Lipinski definition) is 8. The number of carbonyl (C=O) groups is 2. The summed E-state index contributed by atoms with van der Waals surface area (Å²) in [6, 6.07) is 15.6. The van der Waals surface area contributed by atoms with Crippen LogP contribution in [0.5, 0.6) is 0 Å². The molecule has 0 amide bonds. The molecule has 0 radical (unpaired) electrons. The number of nitrogens with zero attached hydrogens (tertiary/aromatic N) is 4. The lowest BCUT2D eigenvalue weighted by molar-refractivity contribution is -0.143. The maximum Gasteiger partial charge on any atom is 0.332 e. The van der Waals surface area contributed by atoms with Crippen molar-refractivity contribution in [3.05, 3.63) is 103 Å². The normalized spacial score (nSPS) is 10.9. The maximum absolute atomic E-state index is 12.8. The molecular weight excluding hydrogens is 454 g/mol. The highest BCUT2D eigenvalue weighted by Crippen LogP contribution is 2.10. The smallest absolute Gasteiger partial charge is 0.332 e. The number of rotatable bonds is 7. The average Bonchev–Trinajstić information content (AvgIpc) is 2.86. The van der Waals surface area contributed by atoms with Crippen LogP contribution in [0.2, 0.25) is 0 Å². The van der Waals surface area contributed by atoms with Crippen LogP contribution in [0.25, 0.3) is 10.9 Å². The van der Waals surface area contributed by atoms with E-state index >= 15 is 0 Å². The van der Waals surface area contributed by atoms with E-state index in [2.05, 4.69) is 4.98 Å². The average molecular weight is 475 g/mol. The van der Waals surface area contributed by atoms with Crippen molar-refractivity contribution in [3.63, 3.8) is 0 Å². The number of nitrogens with two attached hydrogens (primary N) is 1. The molecule has 2 aromatic heterocycles. The van der Waals surface area contributed by atoms with Crippen molar-refractivity contribution in [2.75, 3.05) is 12.3 Å². The fraction of sp³-hybridized carbons (Fsp3) is 0.167. The molecule has 0 saturated heterocycles. The first kappa shape index (κ1) is 23.4. The lowest BCUT2D eigenvalue weighted by atomic mass is 10.2. The number of esters is 1. The molecule has 0 aliphatic carbocycles. The summed E-state index contributed by atoms with van der Waals surface area (Å²) in [5.41, 5.74) is 4.78. The number of nitrogen functional groups attached to an aromatic ring is 1. The van der Waals surface area contributed by atoms with Crippen molar-refractivity contribution in [1.29, 1.82) is 0 Å². The fourth-order valence-corrected chi connectivity index (χ4v) is 3.59. The van der Waals surface area contributed by atoms with E-state index in [1.165, 1.54) is 13.4 Å². The van der Waals surface area contributed by atoms with Crippen LogP contribution in [-0.4, -0.2) is 37.0 Å². The van der Waals surface area contributed by atoms with Gasteiger partial charge in [0.05, 0.1) is 23.8 Å². The van der Waals surface area contributed by atoms with Crippen molar-refractivity contribution in [2.45, 2.75) is 13.1 Å². The zero-order valence-corrected chi connectivity index (χ0v) is 18.7. The molecule has 0 saturated carbocycles.